The van der Waals surface area contributed by atoms with Crippen LogP contribution in [0.25, 0.3) is 0 Å². The van der Waals surface area contributed by atoms with Gasteiger partial charge in [-0.2, -0.15) is 0 Å². The predicted molar refractivity (Wildman–Crippen MR) is 78.9 cm³/mol. The van der Waals surface area contributed by atoms with Gasteiger partial charge in [0.1, 0.15) is 4.93 Å². The molecule has 1 aliphatic heterocycles. The summed E-state index contributed by atoms with van der Waals surface area (Å²) < 4.78 is 15.7. The summed E-state index contributed by atoms with van der Waals surface area (Å²) in [4.78, 5) is 22.4. The molecule has 0 amide bonds. The van der Waals surface area contributed by atoms with E-state index in [1.165, 1.54) is 0 Å². The fourth-order valence-corrected chi connectivity index (χ4v) is 3.51. The van der Waals surface area contributed by atoms with Crippen LogP contribution in [0.3, 0.4) is 0 Å². The third kappa shape index (κ3) is 6.23. The molecule has 1 fully saturated rings. The molecule has 0 bridgehead atoms. The fraction of sp³-hybridized carbons (Fsp3) is 0.857. The fourth-order valence-electron chi connectivity index (χ4n) is 2.15. The minimum absolute atomic E-state index is 0.0619. The lowest BCUT2D eigenvalue weighted by Crippen LogP contribution is -2.30. The van der Waals surface area contributed by atoms with Crippen LogP contribution in [-0.2, 0) is 23.8 Å². The molecule has 1 rings (SSSR count). The standard InChI is InChI=1S/C14H24O6S/c1-3-18-12(16)5-7-14(8-6-13(17)19-4-2)20-11(9-15)10-21-14/h11,15H,3-10H2,1-2H3. The van der Waals surface area contributed by atoms with Crippen molar-refractivity contribution in [2.24, 2.45) is 0 Å². The first-order valence-electron chi connectivity index (χ1n) is 7.29. The Morgan fingerprint density at radius 1 is 1.19 bits per heavy atom. The molecule has 122 valence electrons. The highest BCUT2D eigenvalue weighted by Gasteiger charge is 2.41. The molecular weight excluding hydrogens is 296 g/mol. The van der Waals surface area contributed by atoms with Gasteiger partial charge in [-0.3, -0.25) is 9.59 Å². The van der Waals surface area contributed by atoms with Crippen LogP contribution in [0.1, 0.15) is 39.5 Å². The second-order valence-corrected chi connectivity index (χ2v) is 6.12. The van der Waals surface area contributed by atoms with Crippen LogP contribution in [0.4, 0.5) is 0 Å². The van der Waals surface area contributed by atoms with E-state index in [0.717, 1.165) is 0 Å². The van der Waals surface area contributed by atoms with Crippen molar-refractivity contribution in [1.82, 2.24) is 0 Å². The maximum Gasteiger partial charge on any atom is 0.305 e. The number of carbonyl (C=O) groups is 2. The van der Waals surface area contributed by atoms with Gasteiger partial charge >= 0.3 is 11.9 Å². The zero-order valence-corrected chi connectivity index (χ0v) is 13.4. The lowest BCUT2D eigenvalue weighted by Gasteiger charge is -2.27. The molecule has 0 spiro atoms. The summed E-state index contributed by atoms with van der Waals surface area (Å²) in [6, 6.07) is 0. The number of aliphatic hydroxyl groups is 1. The van der Waals surface area contributed by atoms with Gasteiger partial charge in [0.25, 0.3) is 0 Å². The van der Waals surface area contributed by atoms with E-state index < -0.39 is 4.93 Å². The number of rotatable bonds is 9. The molecule has 0 aromatic heterocycles. The lowest BCUT2D eigenvalue weighted by atomic mass is 10.1. The third-order valence-electron chi connectivity index (χ3n) is 3.15. The molecular formula is C14H24O6S. The minimum Gasteiger partial charge on any atom is -0.466 e. The molecule has 0 aromatic rings. The number of hydrogen-bond acceptors (Lipinski definition) is 7. The van der Waals surface area contributed by atoms with E-state index >= 15 is 0 Å². The van der Waals surface area contributed by atoms with E-state index in [4.69, 9.17) is 14.2 Å². The molecule has 0 aliphatic carbocycles. The van der Waals surface area contributed by atoms with Gasteiger partial charge in [0.05, 0.1) is 25.9 Å². The Kier molecular flexibility index (Phi) is 8.06. The van der Waals surface area contributed by atoms with E-state index in [1.54, 1.807) is 25.6 Å². The summed E-state index contributed by atoms with van der Waals surface area (Å²) in [5.74, 6) is 0.108. The topological polar surface area (TPSA) is 82.1 Å². The Balaban J connectivity index is 2.54. The second-order valence-electron chi connectivity index (χ2n) is 4.75. The highest BCUT2D eigenvalue weighted by Crippen LogP contribution is 2.43. The first-order valence-corrected chi connectivity index (χ1v) is 8.27. The number of aliphatic hydroxyl groups excluding tert-OH is 1. The number of ether oxygens (including phenoxy) is 3. The third-order valence-corrected chi connectivity index (χ3v) is 4.72. The zero-order valence-electron chi connectivity index (χ0n) is 12.6. The van der Waals surface area contributed by atoms with Gasteiger partial charge in [0.15, 0.2) is 0 Å². The minimum atomic E-state index is -0.618. The van der Waals surface area contributed by atoms with Gasteiger partial charge in [0, 0.05) is 18.6 Å². The second kappa shape index (κ2) is 9.27. The molecule has 0 saturated carbocycles. The molecule has 0 radical (unpaired) electrons. The van der Waals surface area contributed by atoms with Crippen molar-refractivity contribution in [3.8, 4) is 0 Å². The summed E-state index contributed by atoms with van der Waals surface area (Å²) >= 11 is 1.54. The van der Waals surface area contributed by atoms with Gasteiger partial charge in [-0.05, 0) is 26.7 Å². The maximum atomic E-state index is 11.5. The highest BCUT2D eigenvalue weighted by molar-refractivity contribution is 8.00. The van der Waals surface area contributed by atoms with Crippen molar-refractivity contribution in [3.05, 3.63) is 0 Å². The molecule has 1 atom stereocenters. The van der Waals surface area contributed by atoms with Crippen molar-refractivity contribution in [2.75, 3.05) is 25.6 Å². The molecule has 7 heteroatoms. The summed E-state index contributed by atoms with van der Waals surface area (Å²) in [5.41, 5.74) is 0. The Morgan fingerprint density at radius 3 is 2.10 bits per heavy atom. The summed E-state index contributed by atoms with van der Waals surface area (Å²) in [7, 11) is 0. The van der Waals surface area contributed by atoms with Crippen LogP contribution >= 0.6 is 11.8 Å². The van der Waals surface area contributed by atoms with Crippen LogP contribution in [0.2, 0.25) is 0 Å². The number of hydrogen-bond donors (Lipinski definition) is 1. The van der Waals surface area contributed by atoms with Crippen LogP contribution in [0.5, 0.6) is 0 Å². The first-order chi connectivity index (χ1) is 10.0. The van der Waals surface area contributed by atoms with Crippen molar-refractivity contribution >= 4 is 23.7 Å². The first kappa shape index (κ1) is 18.3. The molecule has 1 saturated heterocycles. The number of esters is 2. The van der Waals surface area contributed by atoms with E-state index in [2.05, 4.69) is 0 Å². The van der Waals surface area contributed by atoms with Gasteiger partial charge in [-0.15, -0.1) is 11.8 Å². The van der Waals surface area contributed by atoms with Gasteiger partial charge in [-0.25, -0.2) is 0 Å². The van der Waals surface area contributed by atoms with E-state index in [1.807, 2.05) is 0 Å². The molecule has 21 heavy (non-hydrogen) atoms. The Morgan fingerprint density at radius 2 is 1.71 bits per heavy atom. The lowest BCUT2D eigenvalue weighted by molar-refractivity contribution is -0.145. The Bertz CT molecular complexity index is 324. The SMILES string of the molecule is CCOC(=O)CCC1(CCC(=O)OCC)OC(CO)CS1. The Hall–Kier alpha value is -0.790. The van der Waals surface area contributed by atoms with Gasteiger partial charge in [-0.1, -0.05) is 0 Å². The van der Waals surface area contributed by atoms with Gasteiger partial charge < -0.3 is 19.3 Å². The average molecular weight is 320 g/mol. The number of thioether (sulfide) groups is 1. The maximum absolute atomic E-state index is 11.5. The van der Waals surface area contributed by atoms with Crippen LogP contribution < -0.4 is 0 Å². The largest absolute Gasteiger partial charge is 0.466 e. The number of carbonyl (C=O) groups excluding carboxylic acids is 2. The van der Waals surface area contributed by atoms with Crippen molar-refractivity contribution < 1.29 is 28.9 Å². The van der Waals surface area contributed by atoms with E-state index in [-0.39, 0.29) is 37.5 Å². The normalized spacial score (nSPS) is 20.2. The summed E-state index contributed by atoms with van der Waals surface area (Å²) in [5, 5.41) is 9.20. The van der Waals surface area contributed by atoms with Gasteiger partial charge in [0.2, 0.25) is 0 Å². The quantitative estimate of drug-likeness (QED) is 0.645. The van der Waals surface area contributed by atoms with Crippen LogP contribution in [-0.4, -0.2) is 53.7 Å². The average Bonchev–Trinajstić information content (AvgIpc) is 2.88. The highest BCUT2D eigenvalue weighted by atomic mass is 32.2. The zero-order chi connectivity index (χ0) is 15.7. The van der Waals surface area contributed by atoms with Crippen molar-refractivity contribution in [1.29, 1.82) is 0 Å². The van der Waals surface area contributed by atoms with Crippen molar-refractivity contribution in [2.45, 2.75) is 50.6 Å². The van der Waals surface area contributed by atoms with E-state index in [0.29, 0.717) is 31.8 Å². The predicted octanol–water partition coefficient (Wildman–Crippen LogP) is 1.49. The van der Waals surface area contributed by atoms with Crippen molar-refractivity contribution in [3.63, 3.8) is 0 Å². The molecule has 1 aliphatic rings. The van der Waals surface area contributed by atoms with Crippen LogP contribution in [0, 0.1) is 0 Å². The molecule has 0 aromatic carbocycles. The molecule has 1 heterocycles. The summed E-state index contributed by atoms with van der Waals surface area (Å²) in [6.45, 7) is 4.16. The summed E-state index contributed by atoms with van der Waals surface area (Å²) in [6.07, 6.45) is 1.15. The smallest absolute Gasteiger partial charge is 0.305 e. The molecule has 6 nitrogen and oxygen atoms in total. The molecule has 1 N–H and O–H groups in total. The Labute approximate surface area is 129 Å². The molecule has 1 unspecified atom stereocenters. The van der Waals surface area contributed by atoms with E-state index in [9.17, 15) is 14.7 Å². The van der Waals surface area contributed by atoms with Crippen LogP contribution in [0.15, 0.2) is 0 Å². The monoisotopic (exact) mass is 320 g/mol.